The fourth-order valence-electron chi connectivity index (χ4n) is 2.25. The number of nitrogens with one attached hydrogen (secondary N) is 2. The van der Waals surface area contributed by atoms with Crippen molar-refractivity contribution in [3.8, 4) is 5.75 Å². The average molecular weight is 360 g/mol. The van der Waals surface area contributed by atoms with Gasteiger partial charge in [-0.15, -0.1) is 0 Å². The van der Waals surface area contributed by atoms with Crippen molar-refractivity contribution in [1.29, 1.82) is 0 Å². The van der Waals surface area contributed by atoms with Crippen molar-refractivity contribution in [2.24, 2.45) is 4.99 Å². The van der Waals surface area contributed by atoms with E-state index < -0.39 is 0 Å². The van der Waals surface area contributed by atoms with Crippen LogP contribution in [0.5, 0.6) is 5.75 Å². The second-order valence-corrected chi connectivity index (χ2v) is 6.14. The third-order valence-corrected chi connectivity index (χ3v) is 3.74. The maximum absolute atomic E-state index is 5.63. The summed E-state index contributed by atoms with van der Waals surface area (Å²) in [6.07, 6.45) is 0. The zero-order valence-electron chi connectivity index (χ0n) is 15.9. The molecule has 0 radical (unpaired) electrons. The normalized spacial score (nSPS) is 11.7. The summed E-state index contributed by atoms with van der Waals surface area (Å²) in [6, 6.07) is 9.90. The monoisotopic (exact) mass is 360 g/mol. The highest BCUT2D eigenvalue weighted by Gasteiger charge is 2.08. The van der Waals surface area contributed by atoms with Crippen molar-refractivity contribution in [2.75, 3.05) is 27.4 Å². The van der Waals surface area contributed by atoms with Crippen molar-refractivity contribution < 1.29 is 14.0 Å². The number of aliphatic imine (C=N–C) groups is 1. The SMILES string of the molecule is CN=C(NCc1cccc(OCCOC)c1)NCc1cc(C(C)C)no1. The maximum atomic E-state index is 5.63. The van der Waals surface area contributed by atoms with E-state index in [4.69, 9.17) is 14.0 Å². The molecule has 0 aliphatic heterocycles. The van der Waals surface area contributed by atoms with Gasteiger partial charge in [-0.05, 0) is 23.6 Å². The smallest absolute Gasteiger partial charge is 0.191 e. The topological polar surface area (TPSA) is 80.9 Å². The van der Waals surface area contributed by atoms with Gasteiger partial charge in [0.1, 0.15) is 12.4 Å². The summed E-state index contributed by atoms with van der Waals surface area (Å²) in [4.78, 5) is 4.23. The van der Waals surface area contributed by atoms with Crippen LogP contribution in [0, 0.1) is 0 Å². The van der Waals surface area contributed by atoms with Crippen LogP contribution in [0.25, 0.3) is 0 Å². The molecule has 2 N–H and O–H groups in total. The second-order valence-electron chi connectivity index (χ2n) is 6.14. The minimum atomic E-state index is 0.350. The number of nitrogens with zero attached hydrogens (tertiary/aromatic N) is 2. The molecule has 7 heteroatoms. The van der Waals surface area contributed by atoms with Crippen molar-refractivity contribution in [2.45, 2.75) is 32.9 Å². The Kier molecular flexibility index (Phi) is 7.95. The molecule has 1 aromatic heterocycles. The first kappa shape index (κ1) is 19.8. The Hall–Kier alpha value is -2.54. The van der Waals surface area contributed by atoms with E-state index in [1.54, 1.807) is 14.2 Å². The molecule has 7 nitrogen and oxygen atoms in total. The standard InChI is InChI=1S/C19H28N4O3/c1-14(2)18-11-17(26-23-18)13-22-19(20-3)21-12-15-6-5-7-16(10-15)25-9-8-24-4/h5-7,10-11,14H,8-9,12-13H2,1-4H3,(H2,20,21,22). The van der Waals surface area contributed by atoms with Gasteiger partial charge in [-0.1, -0.05) is 31.1 Å². The lowest BCUT2D eigenvalue weighted by Gasteiger charge is -2.12. The van der Waals surface area contributed by atoms with Crippen LogP contribution in [0.15, 0.2) is 39.8 Å². The zero-order valence-corrected chi connectivity index (χ0v) is 15.9. The van der Waals surface area contributed by atoms with Crippen LogP contribution in [-0.2, 0) is 17.8 Å². The first-order chi connectivity index (χ1) is 12.6. The van der Waals surface area contributed by atoms with E-state index in [0.717, 1.165) is 22.8 Å². The summed E-state index contributed by atoms with van der Waals surface area (Å²) in [5.41, 5.74) is 2.06. The van der Waals surface area contributed by atoms with Crippen LogP contribution in [0.2, 0.25) is 0 Å². The highest BCUT2D eigenvalue weighted by Crippen LogP contribution is 2.14. The van der Waals surface area contributed by atoms with Gasteiger partial charge < -0.3 is 24.6 Å². The van der Waals surface area contributed by atoms with E-state index in [0.29, 0.717) is 38.2 Å². The highest BCUT2D eigenvalue weighted by molar-refractivity contribution is 5.79. The Balaban J connectivity index is 1.81. The molecule has 0 unspecified atom stereocenters. The molecule has 0 atom stereocenters. The number of rotatable bonds is 9. The van der Waals surface area contributed by atoms with Crippen LogP contribution in [-0.4, -0.2) is 38.5 Å². The Morgan fingerprint density at radius 3 is 2.69 bits per heavy atom. The molecule has 0 saturated carbocycles. The molecule has 1 heterocycles. The number of aromatic nitrogens is 1. The van der Waals surface area contributed by atoms with Crippen molar-refractivity contribution in [1.82, 2.24) is 15.8 Å². The van der Waals surface area contributed by atoms with Crippen LogP contribution in [0.3, 0.4) is 0 Å². The molecule has 2 rings (SSSR count). The van der Waals surface area contributed by atoms with Crippen LogP contribution < -0.4 is 15.4 Å². The third kappa shape index (κ3) is 6.40. The molecule has 0 spiro atoms. The molecule has 0 aliphatic carbocycles. The van der Waals surface area contributed by atoms with Crippen molar-refractivity contribution in [3.05, 3.63) is 47.3 Å². The van der Waals surface area contributed by atoms with E-state index in [1.165, 1.54) is 0 Å². The summed E-state index contributed by atoms with van der Waals surface area (Å²) in [5, 5.41) is 10.6. The number of hydrogen-bond donors (Lipinski definition) is 2. The first-order valence-electron chi connectivity index (χ1n) is 8.73. The van der Waals surface area contributed by atoms with Crippen LogP contribution >= 0.6 is 0 Å². The summed E-state index contributed by atoms with van der Waals surface area (Å²) < 4.78 is 15.9. The Morgan fingerprint density at radius 1 is 1.19 bits per heavy atom. The Labute approximate surface area is 154 Å². The summed E-state index contributed by atoms with van der Waals surface area (Å²) in [5.74, 6) is 2.65. The number of methoxy groups -OCH3 is 1. The fraction of sp³-hybridized carbons (Fsp3) is 0.474. The number of benzene rings is 1. The molecule has 26 heavy (non-hydrogen) atoms. The third-order valence-electron chi connectivity index (χ3n) is 3.74. The summed E-state index contributed by atoms with van der Waals surface area (Å²) in [7, 11) is 3.39. The summed E-state index contributed by atoms with van der Waals surface area (Å²) >= 11 is 0. The van der Waals surface area contributed by atoms with Gasteiger partial charge in [0.15, 0.2) is 11.7 Å². The largest absolute Gasteiger partial charge is 0.491 e. The number of guanidine groups is 1. The lowest BCUT2D eigenvalue weighted by molar-refractivity contribution is 0.146. The number of ether oxygens (including phenoxy) is 2. The van der Waals surface area contributed by atoms with E-state index in [-0.39, 0.29) is 0 Å². The lowest BCUT2D eigenvalue weighted by Crippen LogP contribution is -2.36. The Morgan fingerprint density at radius 2 is 2.00 bits per heavy atom. The van der Waals surface area contributed by atoms with Gasteiger partial charge in [-0.3, -0.25) is 4.99 Å². The molecule has 0 saturated heterocycles. The van der Waals surface area contributed by atoms with Gasteiger partial charge in [0.25, 0.3) is 0 Å². The second kappa shape index (κ2) is 10.5. The van der Waals surface area contributed by atoms with E-state index >= 15 is 0 Å². The fourth-order valence-corrected chi connectivity index (χ4v) is 2.25. The average Bonchev–Trinajstić information content (AvgIpc) is 3.12. The molecule has 142 valence electrons. The molecular weight excluding hydrogens is 332 g/mol. The van der Waals surface area contributed by atoms with Gasteiger partial charge in [0.05, 0.1) is 18.8 Å². The van der Waals surface area contributed by atoms with Gasteiger partial charge in [0.2, 0.25) is 0 Å². The molecule has 0 aliphatic rings. The maximum Gasteiger partial charge on any atom is 0.191 e. The predicted octanol–water partition coefficient (Wildman–Crippen LogP) is 2.69. The van der Waals surface area contributed by atoms with Crippen LogP contribution in [0.4, 0.5) is 0 Å². The van der Waals surface area contributed by atoms with E-state index in [2.05, 4.69) is 34.6 Å². The van der Waals surface area contributed by atoms with E-state index in [9.17, 15) is 0 Å². The molecule has 0 fully saturated rings. The molecule has 0 bridgehead atoms. The highest BCUT2D eigenvalue weighted by atomic mass is 16.5. The molecular formula is C19H28N4O3. The van der Waals surface area contributed by atoms with Crippen molar-refractivity contribution >= 4 is 5.96 Å². The van der Waals surface area contributed by atoms with Crippen LogP contribution in [0.1, 0.15) is 36.8 Å². The minimum absolute atomic E-state index is 0.350. The van der Waals surface area contributed by atoms with E-state index in [1.807, 2.05) is 30.3 Å². The van der Waals surface area contributed by atoms with Gasteiger partial charge in [-0.2, -0.15) is 0 Å². The van der Waals surface area contributed by atoms with Gasteiger partial charge in [-0.25, -0.2) is 0 Å². The Bertz CT molecular complexity index is 698. The first-order valence-corrected chi connectivity index (χ1v) is 8.73. The summed E-state index contributed by atoms with van der Waals surface area (Å²) in [6.45, 7) is 6.44. The lowest BCUT2D eigenvalue weighted by atomic mass is 10.1. The minimum Gasteiger partial charge on any atom is -0.491 e. The molecule has 0 amide bonds. The van der Waals surface area contributed by atoms with Crippen molar-refractivity contribution in [3.63, 3.8) is 0 Å². The predicted molar refractivity (Wildman–Crippen MR) is 101 cm³/mol. The quantitative estimate of drug-likeness (QED) is 0.407. The van der Waals surface area contributed by atoms with Gasteiger partial charge in [0, 0.05) is 26.8 Å². The molecule has 1 aromatic carbocycles. The molecule has 2 aromatic rings. The number of hydrogen-bond acceptors (Lipinski definition) is 5. The zero-order chi connectivity index (χ0) is 18.8. The van der Waals surface area contributed by atoms with Gasteiger partial charge >= 0.3 is 0 Å².